The number of nitrogens with zero attached hydrogens (tertiary/aromatic N) is 2. The lowest BCUT2D eigenvalue weighted by molar-refractivity contribution is -0.0332. The van der Waals surface area contributed by atoms with Crippen LogP contribution < -0.4 is 37.7 Å². The lowest BCUT2D eigenvalue weighted by Gasteiger charge is -2.44. The van der Waals surface area contributed by atoms with Crippen molar-refractivity contribution in [2.75, 3.05) is 12.3 Å². The van der Waals surface area contributed by atoms with Gasteiger partial charge in [0.2, 0.25) is 0 Å². The van der Waals surface area contributed by atoms with Crippen LogP contribution in [-0.2, 0) is 13.7 Å². The quantitative estimate of drug-likeness (QED) is 0.144. The van der Waals surface area contributed by atoms with E-state index in [-0.39, 0.29) is 28.5 Å². The first-order valence-electron chi connectivity index (χ1n) is 17.7. The van der Waals surface area contributed by atoms with Crippen LogP contribution in [0, 0.1) is 0 Å². The molecule has 1 aromatic heterocycles. The molecule has 3 atom stereocenters. The van der Waals surface area contributed by atoms with E-state index in [0.717, 1.165) is 10.4 Å². The standard InChI is InChI=1S/C41H50N4O4Si2/c1-40(2,3)50(31-19-11-7-12-20-31,32-21-13-8-14-22-32)47-30-36-35(29-38(48-36)45-28-27-37(42)43-39(45)46)44-49-51(41(4,5)6,33-23-15-9-16-24-33)34-25-17-10-18-26-34/h7-28,35-36,38,44H,29-30H2,1-6H3,(H2,42,43,46)/t35-,36+,38+/m0/s1. The van der Waals surface area contributed by atoms with Gasteiger partial charge in [0.25, 0.3) is 16.6 Å². The number of benzene rings is 4. The highest BCUT2D eigenvalue weighted by Gasteiger charge is 2.54. The average Bonchev–Trinajstić information content (AvgIpc) is 3.52. The Morgan fingerprint density at radius 3 is 1.57 bits per heavy atom. The van der Waals surface area contributed by atoms with Gasteiger partial charge in [0.15, 0.2) is 0 Å². The number of hydrogen-bond acceptors (Lipinski definition) is 7. The van der Waals surface area contributed by atoms with Gasteiger partial charge >= 0.3 is 5.69 Å². The van der Waals surface area contributed by atoms with Crippen molar-refractivity contribution in [1.82, 2.24) is 15.0 Å². The predicted octanol–water partition coefficient (Wildman–Crippen LogP) is 5.14. The van der Waals surface area contributed by atoms with Gasteiger partial charge in [0.05, 0.1) is 18.8 Å². The van der Waals surface area contributed by atoms with Gasteiger partial charge in [0.1, 0.15) is 12.0 Å². The van der Waals surface area contributed by atoms with Crippen LogP contribution >= 0.6 is 0 Å². The van der Waals surface area contributed by atoms with Crippen LogP contribution in [0.1, 0.15) is 54.2 Å². The third-order valence-electron chi connectivity index (χ3n) is 10.1. The Balaban J connectivity index is 1.41. The molecule has 0 aliphatic carbocycles. The fourth-order valence-corrected chi connectivity index (χ4v) is 16.4. The summed E-state index contributed by atoms with van der Waals surface area (Å²) < 4.78 is 22.9. The molecule has 1 aliphatic rings. The zero-order valence-electron chi connectivity index (χ0n) is 30.5. The van der Waals surface area contributed by atoms with Crippen molar-refractivity contribution in [2.24, 2.45) is 0 Å². The van der Waals surface area contributed by atoms with Crippen LogP contribution in [0.25, 0.3) is 0 Å². The molecule has 4 aromatic carbocycles. The number of hydroxylamine groups is 1. The molecule has 8 nitrogen and oxygen atoms in total. The second kappa shape index (κ2) is 14.8. The summed E-state index contributed by atoms with van der Waals surface area (Å²) in [7, 11) is -5.86. The zero-order chi connectivity index (χ0) is 36.3. The van der Waals surface area contributed by atoms with E-state index in [1.54, 1.807) is 12.3 Å². The Kier molecular flexibility index (Phi) is 10.6. The molecule has 51 heavy (non-hydrogen) atoms. The molecule has 0 amide bonds. The summed E-state index contributed by atoms with van der Waals surface area (Å²) in [6.07, 6.45) is 1.05. The van der Waals surface area contributed by atoms with Gasteiger partial charge in [-0.05, 0) is 36.9 Å². The summed E-state index contributed by atoms with van der Waals surface area (Å²) in [6, 6.07) is 43.5. The topological polar surface area (TPSA) is 101 Å². The molecule has 2 heterocycles. The number of nitrogen functional groups attached to an aromatic ring is 1. The number of aromatic nitrogens is 2. The lowest BCUT2D eigenvalue weighted by Crippen LogP contribution is -2.69. The fraction of sp³-hybridized carbons (Fsp3) is 0.317. The SMILES string of the molecule is CC(C)(C)[Si](OC[C@H]1O[C@@H](n2ccc(N)nc2=O)C[C@@H]1NO[Si](c1ccccc1)(c1ccccc1)C(C)(C)C)(c1ccccc1)c1ccccc1. The minimum absolute atomic E-state index is 0.172. The van der Waals surface area contributed by atoms with Crippen molar-refractivity contribution < 1.29 is 13.7 Å². The Morgan fingerprint density at radius 1 is 0.725 bits per heavy atom. The average molecular weight is 719 g/mol. The fourth-order valence-electron chi connectivity index (χ4n) is 7.61. The van der Waals surface area contributed by atoms with Crippen molar-refractivity contribution in [3.8, 4) is 0 Å². The van der Waals surface area contributed by atoms with Gasteiger partial charge in [-0.15, -0.1) is 0 Å². The van der Waals surface area contributed by atoms with E-state index in [4.69, 9.17) is 19.4 Å². The first kappa shape index (κ1) is 36.6. The van der Waals surface area contributed by atoms with E-state index < -0.39 is 34.7 Å². The summed E-state index contributed by atoms with van der Waals surface area (Å²) in [4.78, 5) is 17.1. The van der Waals surface area contributed by atoms with Gasteiger partial charge in [-0.25, -0.2) is 10.3 Å². The van der Waals surface area contributed by atoms with Crippen LogP contribution in [0.5, 0.6) is 0 Å². The van der Waals surface area contributed by atoms with E-state index >= 15 is 0 Å². The van der Waals surface area contributed by atoms with Gasteiger partial charge in [-0.1, -0.05) is 163 Å². The van der Waals surface area contributed by atoms with Gasteiger partial charge < -0.3 is 19.4 Å². The second-order valence-electron chi connectivity index (χ2n) is 15.4. The molecule has 10 heteroatoms. The maximum Gasteiger partial charge on any atom is 0.351 e. The van der Waals surface area contributed by atoms with Crippen LogP contribution in [0.15, 0.2) is 138 Å². The Morgan fingerprint density at radius 2 is 1.16 bits per heavy atom. The molecule has 266 valence electrons. The molecule has 0 unspecified atom stereocenters. The minimum Gasteiger partial charge on any atom is -0.405 e. The summed E-state index contributed by atoms with van der Waals surface area (Å²) in [5.74, 6) is 0.172. The van der Waals surface area contributed by atoms with Crippen LogP contribution in [-0.4, -0.2) is 44.9 Å². The maximum absolute atomic E-state index is 13.1. The molecule has 1 saturated heterocycles. The first-order valence-corrected chi connectivity index (χ1v) is 21.5. The summed E-state index contributed by atoms with van der Waals surface area (Å²) in [5, 5.41) is 4.21. The van der Waals surface area contributed by atoms with Crippen LogP contribution in [0.4, 0.5) is 5.82 Å². The van der Waals surface area contributed by atoms with Gasteiger partial charge in [0, 0.05) is 12.6 Å². The smallest absolute Gasteiger partial charge is 0.351 e. The summed E-state index contributed by atoms with van der Waals surface area (Å²) >= 11 is 0. The van der Waals surface area contributed by atoms with E-state index in [1.807, 2.05) is 24.3 Å². The number of hydrogen-bond donors (Lipinski definition) is 2. The van der Waals surface area contributed by atoms with Crippen LogP contribution in [0.2, 0.25) is 10.1 Å². The Hall–Kier alpha value is -4.17. The molecule has 6 rings (SSSR count). The largest absolute Gasteiger partial charge is 0.405 e. The highest BCUT2D eigenvalue weighted by Crippen LogP contribution is 2.39. The number of nitrogens with two attached hydrogens (primary N) is 1. The highest BCUT2D eigenvalue weighted by molar-refractivity contribution is 7.00. The molecule has 0 radical (unpaired) electrons. The summed E-state index contributed by atoms with van der Waals surface area (Å²) in [5.41, 5.74) is 8.98. The van der Waals surface area contributed by atoms with Gasteiger partial charge in [-0.2, -0.15) is 4.98 Å². The van der Waals surface area contributed by atoms with Crippen molar-refractivity contribution >= 4 is 43.2 Å². The second-order valence-corrected chi connectivity index (χ2v) is 23.9. The number of ether oxygens (including phenoxy) is 1. The third kappa shape index (κ3) is 7.17. The Labute approximate surface area is 303 Å². The molecule has 0 saturated carbocycles. The molecule has 0 bridgehead atoms. The van der Waals surface area contributed by atoms with E-state index in [0.29, 0.717) is 6.42 Å². The van der Waals surface area contributed by atoms with Crippen LogP contribution in [0.3, 0.4) is 0 Å². The van der Waals surface area contributed by atoms with Crippen molar-refractivity contribution in [2.45, 2.75) is 76.4 Å². The molecular formula is C41H50N4O4Si2. The number of anilines is 1. The molecule has 5 aromatic rings. The van der Waals surface area contributed by atoms with Gasteiger partial charge in [-0.3, -0.25) is 4.57 Å². The lowest BCUT2D eigenvalue weighted by atomic mass is 10.1. The molecule has 3 N–H and O–H groups in total. The zero-order valence-corrected chi connectivity index (χ0v) is 32.5. The van der Waals surface area contributed by atoms with E-state index in [2.05, 4.69) is 149 Å². The molecule has 1 aliphatic heterocycles. The van der Waals surface area contributed by atoms with E-state index in [9.17, 15) is 4.79 Å². The molecule has 0 spiro atoms. The Bertz CT molecular complexity index is 1740. The van der Waals surface area contributed by atoms with Crippen molar-refractivity contribution in [3.63, 3.8) is 0 Å². The summed E-state index contributed by atoms with van der Waals surface area (Å²) in [6.45, 7) is 13.8. The normalized spacial score (nSPS) is 18.5. The van der Waals surface area contributed by atoms with Crippen molar-refractivity contribution in [3.05, 3.63) is 144 Å². The monoisotopic (exact) mass is 718 g/mol. The predicted molar refractivity (Wildman–Crippen MR) is 211 cm³/mol. The maximum atomic E-state index is 13.1. The number of rotatable bonds is 11. The highest BCUT2D eigenvalue weighted by atomic mass is 28.4. The molecular weight excluding hydrogens is 669 g/mol. The third-order valence-corrected chi connectivity index (χ3v) is 19.9. The van der Waals surface area contributed by atoms with E-state index in [1.165, 1.54) is 14.9 Å². The first-order chi connectivity index (χ1) is 24.4. The number of nitrogens with one attached hydrogen (secondary N) is 1. The minimum atomic E-state index is -2.96. The molecule has 1 fully saturated rings. The van der Waals surface area contributed by atoms with Crippen molar-refractivity contribution in [1.29, 1.82) is 0 Å².